The number of carboxylic acid groups (broad SMARTS) is 1. The molecule has 0 saturated heterocycles. The Bertz CT molecular complexity index is 1100. The van der Waals surface area contributed by atoms with Gasteiger partial charge in [0.15, 0.2) is 0 Å². The lowest BCUT2D eigenvalue weighted by molar-refractivity contribution is -0.158. The Morgan fingerprint density at radius 1 is 0.972 bits per heavy atom. The van der Waals surface area contributed by atoms with Crippen LogP contribution in [0.2, 0.25) is 0 Å². The van der Waals surface area contributed by atoms with Crippen molar-refractivity contribution >= 4 is 30.0 Å². The summed E-state index contributed by atoms with van der Waals surface area (Å²) >= 11 is 0. The molecule has 2 aromatic rings. The number of aldehydes is 1. The minimum Gasteiger partial charge on any atom is -0.481 e. The Hall–Kier alpha value is -4.05. The number of aliphatic carboxylic acids is 1. The second-order valence-electron chi connectivity index (χ2n) is 8.96. The number of benzene rings is 2. The molecule has 2 atom stereocenters. The molecule has 1 aliphatic rings. The van der Waals surface area contributed by atoms with Crippen molar-refractivity contribution in [3.05, 3.63) is 71.3 Å². The van der Waals surface area contributed by atoms with E-state index in [2.05, 4.69) is 10.6 Å². The molecule has 10 heteroatoms. The van der Waals surface area contributed by atoms with Gasteiger partial charge < -0.3 is 20.5 Å². The summed E-state index contributed by atoms with van der Waals surface area (Å²) in [5.74, 6) is -3.12. The van der Waals surface area contributed by atoms with Crippen LogP contribution >= 0.6 is 0 Å². The molecule has 0 fully saturated rings. The standard InChI is InChI=1S/C26H30N4O6/c1-17(2)24(28-25(35)18-8-4-3-5-9-18)26(36)30(15-22(32)27-21(16-31)12-23(33)34)29-13-19-10-6-7-11-20(19)14-29/h3-11,16-17,21,24H,12-15H2,1-2H3,(H,27,32)(H,28,35)(H,33,34). The molecule has 3 rings (SSSR count). The fraction of sp³-hybridized carbons (Fsp3) is 0.346. The van der Waals surface area contributed by atoms with Crippen molar-refractivity contribution in [1.82, 2.24) is 20.7 Å². The molecule has 0 aromatic heterocycles. The number of rotatable bonds is 11. The number of hydrogen-bond acceptors (Lipinski definition) is 6. The zero-order valence-corrected chi connectivity index (χ0v) is 20.2. The first-order valence-electron chi connectivity index (χ1n) is 11.6. The molecule has 2 aromatic carbocycles. The van der Waals surface area contributed by atoms with Gasteiger partial charge in [0.25, 0.3) is 11.8 Å². The molecule has 36 heavy (non-hydrogen) atoms. The topological polar surface area (TPSA) is 136 Å². The molecule has 1 heterocycles. The van der Waals surface area contributed by atoms with Crippen LogP contribution in [0.15, 0.2) is 54.6 Å². The predicted molar refractivity (Wildman–Crippen MR) is 130 cm³/mol. The van der Waals surface area contributed by atoms with E-state index in [1.165, 1.54) is 5.01 Å². The molecule has 3 amide bonds. The zero-order chi connectivity index (χ0) is 26.2. The third-order valence-electron chi connectivity index (χ3n) is 5.87. The highest BCUT2D eigenvalue weighted by Gasteiger charge is 2.35. The number of nitrogens with zero attached hydrogens (tertiary/aromatic N) is 2. The zero-order valence-electron chi connectivity index (χ0n) is 20.2. The fourth-order valence-corrected chi connectivity index (χ4v) is 4.00. The Balaban J connectivity index is 1.83. The van der Waals surface area contributed by atoms with Crippen LogP contribution in [0.4, 0.5) is 0 Å². The lowest BCUT2D eigenvalue weighted by atomic mass is 10.0. The van der Waals surface area contributed by atoms with Crippen LogP contribution in [0.3, 0.4) is 0 Å². The van der Waals surface area contributed by atoms with E-state index in [4.69, 9.17) is 5.11 Å². The Labute approximate surface area is 209 Å². The van der Waals surface area contributed by atoms with E-state index in [-0.39, 0.29) is 5.92 Å². The molecule has 2 unspecified atom stereocenters. The Morgan fingerprint density at radius 3 is 2.08 bits per heavy atom. The minimum absolute atomic E-state index is 0.296. The average Bonchev–Trinajstić information content (AvgIpc) is 3.29. The summed E-state index contributed by atoms with van der Waals surface area (Å²) in [6.07, 6.45) is -0.221. The maximum atomic E-state index is 13.8. The first-order valence-corrected chi connectivity index (χ1v) is 11.6. The van der Waals surface area contributed by atoms with Crippen molar-refractivity contribution in [2.24, 2.45) is 5.92 Å². The van der Waals surface area contributed by atoms with Gasteiger partial charge in [-0.3, -0.25) is 24.2 Å². The molecular weight excluding hydrogens is 464 g/mol. The van der Waals surface area contributed by atoms with Crippen LogP contribution in [-0.4, -0.2) is 63.7 Å². The van der Waals surface area contributed by atoms with Gasteiger partial charge in [-0.05, 0) is 29.2 Å². The highest BCUT2D eigenvalue weighted by Crippen LogP contribution is 2.25. The normalized spacial score (nSPS) is 14.4. The molecule has 0 aliphatic carbocycles. The van der Waals surface area contributed by atoms with Crippen molar-refractivity contribution in [2.75, 3.05) is 6.54 Å². The number of amides is 3. The lowest BCUT2D eigenvalue weighted by Crippen LogP contribution is -2.58. The van der Waals surface area contributed by atoms with Gasteiger partial charge in [-0.2, -0.15) is 0 Å². The number of nitrogens with one attached hydrogen (secondary N) is 2. The molecule has 0 saturated carbocycles. The van der Waals surface area contributed by atoms with E-state index in [0.717, 1.165) is 11.1 Å². The van der Waals surface area contributed by atoms with Gasteiger partial charge in [0.2, 0.25) is 5.91 Å². The van der Waals surface area contributed by atoms with Crippen molar-refractivity contribution in [3.8, 4) is 0 Å². The summed E-state index contributed by atoms with van der Waals surface area (Å²) < 4.78 is 0. The maximum absolute atomic E-state index is 13.8. The molecule has 0 spiro atoms. The van der Waals surface area contributed by atoms with Crippen LogP contribution in [0.25, 0.3) is 0 Å². The third kappa shape index (κ3) is 6.76. The van der Waals surface area contributed by atoms with Crippen LogP contribution in [0, 0.1) is 5.92 Å². The van der Waals surface area contributed by atoms with Crippen molar-refractivity contribution in [3.63, 3.8) is 0 Å². The van der Waals surface area contributed by atoms with Crippen molar-refractivity contribution < 1.29 is 29.1 Å². The first kappa shape index (κ1) is 26.6. The largest absolute Gasteiger partial charge is 0.481 e. The van der Waals surface area contributed by atoms with Gasteiger partial charge in [-0.15, -0.1) is 0 Å². The van der Waals surface area contributed by atoms with Crippen LogP contribution in [0.1, 0.15) is 41.8 Å². The molecule has 1 aliphatic heterocycles. The van der Waals surface area contributed by atoms with Gasteiger partial charge in [0.05, 0.1) is 12.5 Å². The Morgan fingerprint density at radius 2 is 1.56 bits per heavy atom. The van der Waals surface area contributed by atoms with Gasteiger partial charge in [0, 0.05) is 18.7 Å². The first-order chi connectivity index (χ1) is 17.2. The number of carboxylic acids is 1. The molecular formula is C26H30N4O6. The minimum atomic E-state index is -1.24. The van der Waals surface area contributed by atoms with E-state index in [9.17, 15) is 24.0 Å². The number of hydrazine groups is 1. The quantitative estimate of drug-likeness (QED) is 0.401. The monoisotopic (exact) mass is 494 g/mol. The summed E-state index contributed by atoms with van der Waals surface area (Å²) in [5.41, 5.74) is 2.40. The predicted octanol–water partition coefficient (Wildman–Crippen LogP) is 1.36. The SMILES string of the molecule is CC(C)C(NC(=O)c1ccccc1)C(=O)N(CC(=O)NC(C=O)CC(=O)O)N1Cc2ccccc2C1. The van der Waals surface area contributed by atoms with E-state index in [0.29, 0.717) is 24.9 Å². The Kier molecular flexibility index (Phi) is 8.91. The van der Waals surface area contributed by atoms with Crippen LogP contribution in [0.5, 0.6) is 0 Å². The highest BCUT2D eigenvalue weighted by molar-refractivity contribution is 5.98. The highest BCUT2D eigenvalue weighted by atomic mass is 16.4. The van der Waals surface area contributed by atoms with Crippen molar-refractivity contribution in [2.45, 2.75) is 45.4 Å². The molecule has 0 radical (unpaired) electrons. The maximum Gasteiger partial charge on any atom is 0.305 e. The van der Waals surface area contributed by atoms with Crippen LogP contribution < -0.4 is 10.6 Å². The molecule has 190 valence electrons. The molecule has 3 N–H and O–H groups in total. The van der Waals surface area contributed by atoms with E-state index in [1.54, 1.807) is 49.2 Å². The molecule has 10 nitrogen and oxygen atoms in total. The number of hydrogen-bond donors (Lipinski definition) is 3. The van der Waals surface area contributed by atoms with Gasteiger partial charge in [-0.25, -0.2) is 5.01 Å². The summed E-state index contributed by atoms with van der Waals surface area (Å²) in [4.78, 5) is 61.6. The lowest BCUT2D eigenvalue weighted by Gasteiger charge is -2.35. The molecule has 0 bridgehead atoms. The summed E-state index contributed by atoms with van der Waals surface area (Å²) in [7, 11) is 0. The summed E-state index contributed by atoms with van der Waals surface area (Å²) in [5, 5.41) is 17.1. The number of fused-ring (bicyclic) bond motifs is 1. The van der Waals surface area contributed by atoms with Crippen LogP contribution in [-0.2, 0) is 32.3 Å². The van der Waals surface area contributed by atoms with Crippen molar-refractivity contribution in [1.29, 1.82) is 0 Å². The summed E-state index contributed by atoms with van der Waals surface area (Å²) in [6.45, 7) is 3.89. The van der Waals surface area contributed by atoms with E-state index < -0.39 is 48.7 Å². The van der Waals surface area contributed by atoms with Gasteiger partial charge in [-0.1, -0.05) is 56.3 Å². The van der Waals surface area contributed by atoms with Gasteiger partial charge >= 0.3 is 5.97 Å². The number of carbonyl (C=O) groups is 5. The van der Waals surface area contributed by atoms with E-state index >= 15 is 0 Å². The van der Waals surface area contributed by atoms with E-state index in [1.807, 2.05) is 24.3 Å². The third-order valence-corrected chi connectivity index (χ3v) is 5.87. The average molecular weight is 495 g/mol. The second kappa shape index (κ2) is 12.1. The van der Waals surface area contributed by atoms with Gasteiger partial charge in [0.1, 0.15) is 18.9 Å². The smallest absolute Gasteiger partial charge is 0.305 e. The summed E-state index contributed by atoms with van der Waals surface area (Å²) in [6, 6.07) is 14.0. The fourth-order valence-electron chi connectivity index (χ4n) is 4.00. The second-order valence-corrected chi connectivity index (χ2v) is 8.96. The number of carbonyl (C=O) groups excluding carboxylic acids is 4.